The van der Waals surface area contributed by atoms with Gasteiger partial charge in [-0.05, 0) is 38.1 Å². The third-order valence-corrected chi connectivity index (χ3v) is 3.98. The van der Waals surface area contributed by atoms with Crippen LogP contribution in [0.1, 0.15) is 24.1 Å². The summed E-state index contributed by atoms with van der Waals surface area (Å²) in [5, 5.41) is 0. The van der Waals surface area contributed by atoms with Crippen LogP contribution in [0.15, 0.2) is 52.3 Å². The molecule has 0 fully saturated rings. The van der Waals surface area contributed by atoms with E-state index < -0.39 is 0 Å². The van der Waals surface area contributed by atoms with Gasteiger partial charge in [-0.15, -0.1) is 0 Å². The minimum absolute atomic E-state index is 0.0524. The molecule has 2 rings (SSSR count). The summed E-state index contributed by atoms with van der Waals surface area (Å²) < 4.78 is 5.42. The van der Waals surface area contributed by atoms with Crippen molar-refractivity contribution in [3.05, 3.63) is 53.6 Å². The lowest BCUT2D eigenvalue weighted by Gasteiger charge is -2.16. The fraction of sp³-hybridized carbons (Fsp3) is 0.250. The van der Waals surface area contributed by atoms with E-state index in [1.807, 2.05) is 19.1 Å². The molecule has 2 aromatic rings. The second-order valence-electron chi connectivity index (χ2n) is 4.58. The normalized spacial score (nSPS) is 12.2. The van der Waals surface area contributed by atoms with E-state index in [1.165, 1.54) is 10.5 Å². The highest BCUT2D eigenvalue weighted by Crippen LogP contribution is 2.37. The minimum atomic E-state index is -0.0524. The quantitative estimate of drug-likeness (QED) is 0.908. The molecule has 0 heterocycles. The number of hydrogen-bond acceptors (Lipinski definition) is 3. The maximum Gasteiger partial charge on any atom is 0.124 e. The summed E-state index contributed by atoms with van der Waals surface area (Å²) in [5.41, 5.74) is 8.41. The molecule has 0 aromatic heterocycles. The first kappa shape index (κ1) is 14.0. The molecule has 0 radical (unpaired) electrons. The predicted molar refractivity (Wildman–Crippen MR) is 80.9 cm³/mol. The van der Waals surface area contributed by atoms with Crippen molar-refractivity contribution in [1.82, 2.24) is 0 Å². The zero-order chi connectivity index (χ0) is 13.8. The van der Waals surface area contributed by atoms with Crippen molar-refractivity contribution in [2.75, 3.05) is 7.11 Å². The second kappa shape index (κ2) is 6.13. The molecule has 0 spiro atoms. The third kappa shape index (κ3) is 3.31. The number of aryl methyl sites for hydroxylation is 1. The van der Waals surface area contributed by atoms with E-state index in [0.717, 1.165) is 16.2 Å². The minimum Gasteiger partial charge on any atom is -0.496 e. The van der Waals surface area contributed by atoms with Gasteiger partial charge in [-0.3, -0.25) is 0 Å². The highest BCUT2D eigenvalue weighted by molar-refractivity contribution is 7.99. The van der Waals surface area contributed by atoms with Crippen LogP contribution in [0.3, 0.4) is 0 Å². The molecule has 1 atom stereocenters. The van der Waals surface area contributed by atoms with Crippen LogP contribution in [0.2, 0.25) is 0 Å². The van der Waals surface area contributed by atoms with Crippen LogP contribution in [0.4, 0.5) is 0 Å². The number of ether oxygens (including phenoxy) is 1. The van der Waals surface area contributed by atoms with Crippen LogP contribution in [-0.4, -0.2) is 7.11 Å². The molecule has 2 nitrogen and oxygen atoms in total. The Bertz CT molecular complexity index is 566. The molecule has 0 aliphatic heterocycles. The van der Waals surface area contributed by atoms with Crippen LogP contribution in [0.25, 0.3) is 0 Å². The standard InChI is InChI=1S/C16H19NOS/c1-11-6-4-7-13(10-11)19-15-9-5-8-14(18-3)16(15)12(2)17/h4-10,12H,17H2,1-3H3. The van der Waals surface area contributed by atoms with Gasteiger partial charge in [0, 0.05) is 21.4 Å². The molecule has 3 heteroatoms. The van der Waals surface area contributed by atoms with E-state index in [1.54, 1.807) is 18.9 Å². The monoisotopic (exact) mass is 273 g/mol. The first-order valence-electron chi connectivity index (χ1n) is 6.29. The summed E-state index contributed by atoms with van der Waals surface area (Å²) in [7, 11) is 1.68. The molecule has 0 saturated carbocycles. The van der Waals surface area contributed by atoms with E-state index in [2.05, 4.69) is 37.3 Å². The molecule has 0 amide bonds. The van der Waals surface area contributed by atoms with E-state index in [9.17, 15) is 0 Å². The highest BCUT2D eigenvalue weighted by atomic mass is 32.2. The maximum atomic E-state index is 6.08. The van der Waals surface area contributed by atoms with E-state index in [-0.39, 0.29) is 6.04 Å². The fourth-order valence-electron chi connectivity index (χ4n) is 2.05. The largest absolute Gasteiger partial charge is 0.496 e. The molecular formula is C16H19NOS. The van der Waals surface area contributed by atoms with Crippen LogP contribution < -0.4 is 10.5 Å². The molecule has 2 aromatic carbocycles. The Morgan fingerprint density at radius 3 is 2.53 bits per heavy atom. The molecule has 100 valence electrons. The molecular weight excluding hydrogens is 254 g/mol. The van der Waals surface area contributed by atoms with Crippen molar-refractivity contribution in [3.63, 3.8) is 0 Å². The van der Waals surface area contributed by atoms with E-state index in [0.29, 0.717) is 0 Å². The van der Waals surface area contributed by atoms with Crippen molar-refractivity contribution in [1.29, 1.82) is 0 Å². The van der Waals surface area contributed by atoms with Gasteiger partial charge in [0.05, 0.1) is 7.11 Å². The van der Waals surface area contributed by atoms with Crippen molar-refractivity contribution in [2.24, 2.45) is 5.73 Å². The van der Waals surface area contributed by atoms with Gasteiger partial charge in [0.2, 0.25) is 0 Å². The van der Waals surface area contributed by atoms with Gasteiger partial charge in [-0.25, -0.2) is 0 Å². The lowest BCUT2D eigenvalue weighted by molar-refractivity contribution is 0.405. The highest BCUT2D eigenvalue weighted by Gasteiger charge is 2.13. The van der Waals surface area contributed by atoms with Crippen LogP contribution in [0, 0.1) is 6.92 Å². The van der Waals surface area contributed by atoms with E-state index >= 15 is 0 Å². The summed E-state index contributed by atoms with van der Waals surface area (Å²) in [5.74, 6) is 0.854. The summed E-state index contributed by atoms with van der Waals surface area (Å²) in [6.07, 6.45) is 0. The number of nitrogens with two attached hydrogens (primary N) is 1. The summed E-state index contributed by atoms with van der Waals surface area (Å²) in [4.78, 5) is 2.37. The lowest BCUT2D eigenvalue weighted by Crippen LogP contribution is -2.08. The van der Waals surface area contributed by atoms with Gasteiger partial charge in [0.25, 0.3) is 0 Å². The molecule has 0 bridgehead atoms. The lowest BCUT2D eigenvalue weighted by atomic mass is 10.1. The van der Waals surface area contributed by atoms with Gasteiger partial charge in [0.15, 0.2) is 0 Å². The Labute approximate surface area is 119 Å². The average molecular weight is 273 g/mol. The van der Waals surface area contributed by atoms with Gasteiger partial charge in [0.1, 0.15) is 5.75 Å². The zero-order valence-electron chi connectivity index (χ0n) is 11.5. The number of methoxy groups -OCH3 is 1. The molecule has 1 unspecified atom stereocenters. The third-order valence-electron chi connectivity index (χ3n) is 2.92. The maximum absolute atomic E-state index is 6.08. The first-order chi connectivity index (χ1) is 9.11. The van der Waals surface area contributed by atoms with Crippen LogP contribution in [-0.2, 0) is 0 Å². The van der Waals surface area contributed by atoms with Crippen molar-refractivity contribution >= 4 is 11.8 Å². The number of benzene rings is 2. The smallest absolute Gasteiger partial charge is 0.124 e. The molecule has 0 saturated heterocycles. The van der Waals surface area contributed by atoms with Gasteiger partial charge >= 0.3 is 0 Å². The van der Waals surface area contributed by atoms with Gasteiger partial charge < -0.3 is 10.5 Å². The number of rotatable bonds is 4. The molecule has 2 N–H and O–H groups in total. The van der Waals surface area contributed by atoms with E-state index in [4.69, 9.17) is 10.5 Å². The molecule has 0 aliphatic carbocycles. The van der Waals surface area contributed by atoms with Gasteiger partial charge in [-0.2, -0.15) is 0 Å². The fourth-order valence-corrected chi connectivity index (χ4v) is 3.23. The Morgan fingerprint density at radius 2 is 1.89 bits per heavy atom. The Hall–Kier alpha value is -1.45. The Balaban J connectivity index is 2.39. The second-order valence-corrected chi connectivity index (χ2v) is 5.69. The van der Waals surface area contributed by atoms with Crippen molar-refractivity contribution in [3.8, 4) is 5.75 Å². The van der Waals surface area contributed by atoms with Crippen molar-refractivity contribution < 1.29 is 4.74 Å². The summed E-state index contributed by atoms with van der Waals surface area (Å²) in [6.45, 7) is 4.08. The van der Waals surface area contributed by atoms with Gasteiger partial charge in [-0.1, -0.05) is 35.5 Å². The molecule has 19 heavy (non-hydrogen) atoms. The first-order valence-corrected chi connectivity index (χ1v) is 7.10. The number of hydrogen-bond donors (Lipinski definition) is 1. The molecule has 0 aliphatic rings. The van der Waals surface area contributed by atoms with Crippen LogP contribution in [0.5, 0.6) is 5.75 Å². The van der Waals surface area contributed by atoms with Crippen molar-refractivity contribution in [2.45, 2.75) is 29.7 Å². The Morgan fingerprint density at radius 1 is 1.16 bits per heavy atom. The topological polar surface area (TPSA) is 35.2 Å². The van der Waals surface area contributed by atoms with Crippen LogP contribution >= 0.6 is 11.8 Å². The SMILES string of the molecule is COc1cccc(Sc2cccc(C)c2)c1C(C)N. The average Bonchev–Trinajstić information content (AvgIpc) is 2.38. The zero-order valence-corrected chi connectivity index (χ0v) is 12.3. The Kier molecular flexibility index (Phi) is 4.51. The predicted octanol–water partition coefficient (Wildman–Crippen LogP) is 4.17. The summed E-state index contributed by atoms with van der Waals surface area (Å²) >= 11 is 1.73. The summed E-state index contributed by atoms with van der Waals surface area (Å²) in [6, 6.07) is 14.5.